The van der Waals surface area contributed by atoms with E-state index in [1.165, 1.54) is 6.33 Å². The highest BCUT2D eigenvalue weighted by Crippen LogP contribution is 2.19. The second-order valence-electron chi connectivity index (χ2n) is 4.81. The van der Waals surface area contributed by atoms with Gasteiger partial charge in [-0.1, -0.05) is 18.7 Å². The molecule has 0 saturated heterocycles. The van der Waals surface area contributed by atoms with Gasteiger partial charge in [0.05, 0.1) is 11.6 Å². The zero-order valence-electron chi connectivity index (χ0n) is 12.1. The lowest BCUT2D eigenvalue weighted by Gasteiger charge is -2.14. The summed E-state index contributed by atoms with van der Waals surface area (Å²) in [6.07, 6.45) is 1.40. The third-order valence-electron chi connectivity index (χ3n) is 2.80. The van der Waals surface area contributed by atoms with Gasteiger partial charge in [0.15, 0.2) is 0 Å². The zero-order chi connectivity index (χ0) is 15.2. The van der Waals surface area contributed by atoms with Crippen LogP contribution < -0.4 is 10.1 Å². The maximum absolute atomic E-state index is 12.3. The number of ether oxygens (including phenoxy) is 1. The molecule has 6 heteroatoms. The molecule has 0 unspecified atom stereocenters. The van der Waals surface area contributed by atoms with Gasteiger partial charge in [-0.2, -0.15) is 5.10 Å². The van der Waals surface area contributed by atoms with E-state index in [1.807, 2.05) is 19.9 Å². The minimum absolute atomic E-state index is 0.226. The first-order valence-corrected chi connectivity index (χ1v) is 6.60. The number of H-pyrrole nitrogens is 1. The van der Waals surface area contributed by atoms with E-state index in [2.05, 4.69) is 27.1 Å². The van der Waals surface area contributed by atoms with Crippen LogP contribution in [-0.4, -0.2) is 27.7 Å². The Balaban J connectivity index is 2.10. The van der Waals surface area contributed by atoms with Crippen molar-refractivity contribution in [3.63, 3.8) is 0 Å². The Morgan fingerprint density at radius 2 is 2.24 bits per heavy atom. The summed E-state index contributed by atoms with van der Waals surface area (Å²) in [6.45, 7) is 7.86. The molecular weight excluding hydrogens is 268 g/mol. The number of benzene rings is 1. The molecule has 0 aliphatic carbocycles. The second-order valence-corrected chi connectivity index (χ2v) is 4.81. The van der Waals surface area contributed by atoms with Crippen molar-refractivity contribution in [1.82, 2.24) is 20.5 Å². The number of nitrogens with zero attached hydrogens (tertiary/aromatic N) is 2. The summed E-state index contributed by atoms with van der Waals surface area (Å²) in [5.41, 5.74) is 1.37. The summed E-state index contributed by atoms with van der Waals surface area (Å²) < 4.78 is 5.60. The normalized spacial score (nSPS) is 11.7. The van der Waals surface area contributed by atoms with Crippen LogP contribution >= 0.6 is 0 Å². The maximum Gasteiger partial charge on any atom is 0.255 e. The molecule has 0 aliphatic heterocycles. The highest BCUT2D eigenvalue weighted by molar-refractivity contribution is 5.97. The molecule has 1 amide bonds. The molecule has 2 aromatic rings. The van der Waals surface area contributed by atoms with Crippen LogP contribution in [0, 0.1) is 0 Å². The Bertz CT molecular complexity index is 622. The predicted molar refractivity (Wildman–Crippen MR) is 79.0 cm³/mol. The Labute approximate surface area is 123 Å². The fourth-order valence-electron chi connectivity index (χ4n) is 1.75. The molecule has 2 N–H and O–H groups in total. The van der Waals surface area contributed by atoms with Gasteiger partial charge >= 0.3 is 0 Å². The largest absolute Gasteiger partial charge is 0.488 e. The lowest BCUT2D eigenvalue weighted by Crippen LogP contribution is -2.27. The maximum atomic E-state index is 12.3. The summed E-state index contributed by atoms with van der Waals surface area (Å²) in [6, 6.07) is 6.83. The Morgan fingerprint density at radius 1 is 1.48 bits per heavy atom. The lowest BCUT2D eigenvalue weighted by molar-refractivity contribution is 0.0934. The van der Waals surface area contributed by atoms with Crippen LogP contribution in [0.4, 0.5) is 0 Å². The Hall–Kier alpha value is -2.63. The van der Waals surface area contributed by atoms with Crippen LogP contribution in [0.3, 0.4) is 0 Å². The van der Waals surface area contributed by atoms with Crippen molar-refractivity contribution in [2.75, 3.05) is 6.61 Å². The molecule has 0 aliphatic rings. The van der Waals surface area contributed by atoms with Crippen molar-refractivity contribution >= 4 is 5.91 Å². The SMILES string of the molecule is C=C(C)COc1ccccc1C(=O)N[C@@H](C)c1ncn[nH]1. The van der Waals surface area contributed by atoms with Crippen molar-refractivity contribution in [2.24, 2.45) is 0 Å². The van der Waals surface area contributed by atoms with E-state index >= 15 is 0 Å². The molecule has 0 saturated carbocycles. The number of nitrogens with one attached hydrogen (secondary N) is 2. The number of hydrogen-bond acceptors (Lipinski definition) is 4. The van der Waals surface area contributed by atoms with Crippen molar-refractivity contribution in [2.45, 2.75) is 19.9 Å². The van der Waals surface area contributed by atoms with Crippen molar-refractivity contribution in [3.8, 4) is 5.75 Å². The number of aromatic amines is 1. The van der Waals surface area contributed by atoms with Crippen LogP contribution in [0.15, 0.2) is 42.7 Å². The predicted octanol–water partition coefficient (Wildman–Crippen LogP) is 2.25. The number of aromatic nitrogens is 3. The monoisotopic (exact) mass is 286 g/mol. The molecule has 0 radical (unpaired) electrons. The van der Waals surface area contributed by atoms with Crippen LogP contribution in [0.2, 0.25) is 0 Å². The topological polar surface area (TPSA) is 79.9 Å². The van der Waals surface area contributed by atoms with Crippen molar-refractivity contribution in [1.29, 1.82) is 0 Å². The summed E-state index contributed by atoms with van der Waals surface area (Å²) in [4.78, 5) is 16.4. The van der Waals surface area contributed by atoms with Gasteiger partial charge in [0.2, 0.25) is 0 Å². The fraction of sp³-hybridized carbons (Fsp3) is 0.267. The molecule has 1 aromatic heterocycles. The smallest absolute Gasteiger partial charge is 0.255 e. The highest BCUT2D eigenvalue weighted by atomic mass is 16.5. The lowest BCUT2D eigenvalue weighted by atomic mass is 10.1. The summed E-state index contributed by atoms with van der Waals surface area (Å²) in [5.74, 6) is 0.905. The van der Waals surface area contributed by atoms with Crippen molar-refractivity contribution < 1.29 is 9.53 Å². The Morgan fingerprint density at radius 3 is 2.90 bits per heavy atom. The number of carbonyl (C=O) groups is 1. The first-order valence-electron chi connectivity index (χ1n) is 6.60. The molecule has 0 fully saturated rings. The Kier molecular flexibility index (Phi) is 4.71. The number of para-hydroxylation sites is 1. The minimum Gasteiger partial charge on any atom is -0.488 e. The van der Waals surface area contributed by atoms with Gasteiger partial charge in [-0.3, -0.25) is 9.89 Å². The average Bonchev–Trinajstić information content (AvgIpc) is 2.99. The molecule has 6 nitrogen and oxygen atoms in total. The number of hydrogen-bond donors (Lipinski definition) is 2. The molecular formula is C15H18N4O2. The fourth-order valence-corrected chi connectivity index (χ4v) is 1.75. The van der Waals surface area contributed by atoms with Gasteiger partial charge in [-0.05, 0) is 31.6 Å². The standard InChI is InChI=1S/C15H18N4O2/c1-10(2)8-21-13-7-5-4-6-12(13)15(20)18-11(3)14-16-9-17-19-14/h4-7,9,11H,1,8H2,2-3H3,(H,18,20)(H,16,17,19)/t11-/m0/s1. The molecule has 1 aromatic carbocycles. The average molecular weight is 286 g/mol. The minimum atomic E-state index is -0.269. The van der Waals surface area contributed by atoms with E-state index < -0.39 is 0 Å². The van der Waals surface area contributed by atoms with E-state index in [0.29, 0.717) is 23.7 Å². The third kappa shape index (κ3) is 3.92. The van der Waals surface area contributed by atoms with E-state index in [0.717, 1.165) is 5.57 Å². The van der Waals surface area contributed by atoms with Crippen LogP contribution in [0.25, 0.3) is 0 Å². The van der Waals surface area contributed by atoms with E-state index in [-0.39, 0.29) is 11.9 Å². The molecule has 21 heavy (non-hydrogen) atoms. The molecule has 0 spiro atoms. The van der Waals surface area contributed by atoms with Gasteiger partial charge in [-0.15, -0.1) is 0 Å². The highest BCUT2D eigenvalue weighted by Gasteiger charge is 2.16. The molecule has 0 bridgehead atoms. The van der Waals surface area contributed by atoms with Gasteiger partial charge in [0.1, 0.15) is 24.5 Å². The molecule has 2 rings (SSSR count). The van der Waals surface area contributed by atoms with Gasteiger partial charge in [0, 0.05) is 0 Å². The first kappa shape index (κ1) is 14.8. The molecule has 1 heterocycles. The third-order valence-corrected chi connectivity index (χ3v) is 2.80. The van der Waals surface area contributed by atoms with Crippen LogP contribution in [0.5, 0.6) is 5.75 Å². The van der Waals surface area contributed by atoms with E-state index in [1.54, 1.807) is 18.2 Å². The summed E-state index contributed by atoms with van der Waals surface area (Å²) in [7, 11) is 0. The zero-order valence-corrected chi connectivity index (χ0v) is 12.1. The van der Waals surface area contributed by atoms with Crippen LogP contribution in [-0.2, 0) is 0 Å². The number of carbonyl (C=O) groups excluding carboxylic acids is 1. The van der Waals surface area contributed by atoms with Crippen molar-refractivity contribution in [3.05, 3.63) is 54.1 Å². The van der Waals surface area contributed by atoms with E-state index in [4.69, 9.17) is 4.74 Å². The number of rotatable bonds is 6. The molecule has 110 valence electrons. The van der Waals surface area contributed by atoms with Crippen LogP contribution in [0.1, 0.15) is 36.1 Å². The first-order chi connectivity index (χ1) is 10.1. The summed E-state index contributed by atoms with van der Waals surface area (Å²) >= 11 is 0. The van der Waals surface area contributed by atoms with Gasteiger partial charge < -0.3 is 10.1 Å². The number of amides is 1. The quantitative estimate of drug-likeness (QED) is 0.798. The second kappa shape index (κ2) is 6.69. The van der Waals surface area contributed by atoms with Gasteiger partial charge in [0.25, 0.3) is 5.91 Å². The summed E-state index contributed by atoms with van der Waals surface area (Å²) in [5, 5.41) is 9.35. The molecule has 1 atom stereocenters. The van der Waals surface area contributed by atoms with E-state index in [9.17, 15) is 4.79 Å². The van der Waals surface area contributed by atoms with Gasteiger partial charge in [-0.25, -0.2) is 4.98 Å².